The van der Waals surface area contributed by atoms with Crippen molar-refractivity contribution in [1.82, 2.24) is 0 Å². The van der Waals surface area contributed by atoms with Crippen LogP contribution in [0.5, 0.6) is 0 Å². The van der Waals surface area contributed by atoms with Gasteiger partial charge in [-0.3, -0.25) is 0 Å². The van der Waals surface area contributed by atoms with Crippen molar-refractivity contribution in [3.63, 3.8) is 0 Å². The van der Waals surface area contributed by atoms with Crippen LogP contribution in [-0.2, 0) is 0 Å². The maximum Gasteiger partial charge on any atom is -0.0190 e. The quantitative estimate of drug-likeness (QED) is 0.498. The van der Waals surface area contributed by atoms with E-state index in [9.17, 15) is 0 Å². The van der Waals surface area contributed by atoms with Gasteiger partial charge in [-0.15, -0.1) is 0 Å². The molecule has 0 fully saturated rings. The molecule has 0 aliphatic heterocycles. The fraction of sp³-hybridized carbons (Fsp3) is 0.647. The first-order valence-corrected chi connectivity index (χ1v) is 7.29. The highest BCUT2D eigenvalue weighted by atomic mass is 14.1. The largest absolute Gasteiger partial charge is 0.0654 e. The lowest BCUT2D eigenvalue weighted by molar-refractivity contribution is 0.434. The molecule has 1 aromatic rings. The second-order valence-electron chi connectivity index (χ2n) is 5.49. The summed E-state index contributed by atoms with van der Waals surface area (Å²) in [5.74, 6) is 1.61. The van der Waals surface area contributed by atoms with Crippen molar-refractivity contribution >= 4 is 0 Å². The molecular weight excluding hydrogens is 204 g/mol. The average molecular weight is 232 g/mol. The van der Waals surface area contributed by atoms with E-state index in [2.05, 4.69) is 51.1 Å². The zero-order valence-electron chi connectivity index (χ0n) is 11.8. The lowest BCUT2D eigenvalue weighted by Gasteiger charge is -2.15. The summed E-state index contributed by atoms with van der Waals surface area (Å²) in [6, 6.07) is 10.9. The maximum atomic E-state index is 2.41. The van der Waals surface area contributed by atoms with Crippen LogP contribution in [0.2, 0.25) is 0 Å². The number of rotatable bonds is 8. The van der Waals surface area contributed by atoms with Crippen molar-refractivity contribution < 1.29 is 0 Å². The monoisotopic (exact) mass is 232 g/mol. The molecule has 1 rings (SSSR count). The fourth-order valence-corrected chi connectivity index (χ4v) is 2.37. The van der Waals surface area contributed by atoms with Crippen LogP contribution in [0.15, 0.2) is 30.3 Å². The molecule has 0 heteroatoms. The molecule has 0 radical (unpaired) electrons. The highest BCUT2D eigenvalue weighted by molar-refractivity contribution is 5.18. The summed E-state index contributed by atoms with van der Waals surface area (Å²) in [6.45, 7) is 7.05. The SMILES string of the molecule is CCCCCC(C)CCC(C)c1ccccc1. The molecule has 0 nitrogen and oxygen atoms in total. The average Bonchev–Trinajstić information content (AvgIpc) is 2.37. The Morgan fingerprint density at radius 1 is 0.882 bits per heavy atom. The summed E-state index contributed by atoms with van der Waals surface area (Å²) >= 11 is 0. The molecule has 0 bridgehead atoms. The van der Waals surface area contributed by atoms with Gasteiger partial charge in [-0.05, 0) is 23.8 Å². The summed E-state index contributed by atoms with van der Waals surface area (Å²) in [6.07, 6.45) is 8.27. The number of hydrogen-bond donors (Lipinski definition) is 0. The zero-order valence-corrected chi connectivity index (χ0v) is 11.8. The Morgan fingerprint density at radius 3 is 2.24 bits per heavy atom. The van der Waals surface area contributed by atoms with Gasteiger partial charge in [0.15, 0.2) is 0 Å². The van der Waals surface area contributed by atoms with Crippen molar-refractivity contribution in [1.29, 1.82) is 0 Å². The van der Waals surface area contributed by atoms with Crippen LogP contribution in [0.1, 0.15) is 70.8 Å². The normalized spacial score (nSPS) is 14.5. The predicted octanol–water partition coefficient (Wildman–Crippen LogP) is 5.79. The second-order valence-corrected chi connectivity index (χ2v) is 5.49. The minimum atomic E-state index is 0.713. The van der Waals surface area contributed by atoms with Gasteiger partial charge in [0.05, 0.1) is 0 Å². The Labute approximate surface area is 107 Å². The first kappa shape index (κ1) is 14.3. The van der Waals surface area contributed by atoms with Crippen LogP contribution in [0.4, 0.5) is 0 Å². The van der Waals surface area contributed by atoms with E-state index in [0.29, 0.717) is 5.92 Å². The molecule has 2 unspecified atom stereocenters. The molecule has 2 atom stereocenters. The standard InChI is InChI=1S/C17H28/c1-4-5-7-10-15(2)13-14-16(3)17-11-8-6-9-12-17/h6,8-9,11-12,15-16H,4-5,7,10,13-14H2,1-3H3. The molecule has 0 aliphatic rings. The second kappa shape index (κ2) is 8.33. The third-order valence-electron chi connectivity index (χ3n) is 3.76. The Hall–Kier alpha value is -0.780. The van der Waals surface area contributed by atoms with Crippen molar-refractivity contribution in [2.75, 3.05) is 0 Å². The summed E-state index contributed by atoms with van der Waals surface area (Å²) in [5, 5.41) is 0. The van der Waals surface area contributed by atoms with Gasteiger partial charge in [-0.25, -0.2) is 0 Å². The first-order chi connectivity index (χ1) is 8.24. The number of hydrogen-bond acceptors (Lipinski definition) is 0. The minimum absolute atomic E-state index is 0.713. The van der Waals surface area contributed by atoms with Crippen molar-refractivity contribution in [3.05, 3.63) is 35.9 Å². The van der Waals surface area contributed by atoms with Gasteiger partial charge in [0, 0.05) is 0 Å². The Kier molecular flexibility index (Phi) is 7.00. The highest BCUT2D eigenvalue weighted by Crippen LogP contribution is 2.24. The summed E-state index contributed by atoms with van der Waals surface area (Å²) in [7, 11) is 0. The van der Waals surface area contributed by atoms with E-state index in [1.54, 1.807) is 0 Å². The lowest BCUT2D eigenvalue weighted by atomic mass is 9.90. The molecule has 0 saturated carbocycles. The van der Waals surface area contributed by atoms with E-state index in [4.69, 9.17) is 0 Å². The van der Waals surface area contributed by atoms with Gasteiger partial charge < -0.3 is 0 Å². The van der Waals surface area contributed by atoms with Crippen LogP contribution in [0, 0.1) is 5.92 Å². The van der Waals surface area contributed by atoms with E-state index in [0.717, 1.165) is 5.92 Å². The predicted molar refractivity (Wildman–Crippen MR) is 77.4 cm³/mol. The summed E-state index contributed by atoms with van der Waals surface area (Å²) in [4.78, 5) is 0. The van der Waals surface area contributed by atoms with Gasteiger partial charge in [0.1, 0.15) is 0 Å². The van der Waals surface area contributed by atoms with E-state index < -0.39 is 0 Å². The van der Waals surface area contributed by atoms with E-state index in [1.165, 1.54) is 44.1 Å². The first-order valence-electron chi connectivity index (χ1n) is 7.29. The minimum Gasteiger partial charge on any atom is -0.0654 e. The van der Waals surface area contributed by atoms with Gasteiger partial charge in [-0.2, -0.15) is 0 Å². The Morgan fingerprint density at radius 2 is 1.59 bits per heavy atom. The van der Waals surface area contributed by atoms with Crippen LogP contribution in [0.25, 0.3) is 0 Å². The van der Waals surface area contributed by atoms with E-state index >= 15 is 0 Å². The maximum absolute atomic E-state index is 2.41. The summed E-state index contributed by atoms with van der Waals surface area (Å²) in [5.41, 5.74) is 1.49. The van der Waals surface area contributed by atoms with Crippen LogP contribution >= 0.6 is 0 Å². The van der Waals surface area contributed by atoms with E-state index in [-0.39, 0.29) is 0 Å². The van der Waals surface area contributed by atoms with Crippen molar-refractivity contribution in [3.8, 4) is 0 Å². The van der Waals surface area contributed by atoms with Gasteiger partial charge in [-0.1, -0.05) is 83.2 Å². The molecule has 0 amide bonds. The molecule has 1 aromatic carbocycles. The van der Waals surface area contributed by atoms with E-state index in [1.807, 2.05) is 0 Å². The topological polar surface area (TPSA) is 0 Å². The van der Waals surface area contributed by atoms with Crippen molar-refractivity contribution in [2.24, 2.45) is 5.92 Å². The molecule has 17 heavy (non-hydrogen) atoms. The molecule has 96 valence electrons. The Balaban J connectivity index is 2.21. The van der Waals surface area contributed by atoms with Gasteiger partial charge >= 0.3 is 0 Å². The zero-order chi connectivity index (χ0) is 12.5. The number of benzene rings is 1. The fourth-order valence-electron chi connectivity index (χ4n) is 2.37. The molecule has 0 aliphatic carbocycles. The third-order valence-corrected chi connectivity index (χ3v) is 3.76. The Bertz CT molecular complexity index is 275. The molecular formula is C17H28. The van der Waals surface area contributed by atoms with Crippen LogP contribution < -0.4 is 0 Å². The molecule has 0 saturated heterocycles. The molecule has 0 N–H and O–H groups in total. The van der Waals surface area contributed by atoms with Gasteiger partial charge in [0.2, 0.25) is 0 Å². The highest BCUT2D eigenvalue weighted by Gasteiger charge is 2.08. The smallest absolute Gasteiger partial charge is 0.0190 e. The lowest BCUT2D eigenvalue weighted by Crippen LogP contribution is -1.99. The third kappa shape index (κ3) is 5.91. The van der Waals surface area contributed by atoms with Gasteiger partial charge in [0.25, 0.3) is 0 Å². The van der Waals surface area contributed by atoms with Crippen LogP contribution in [0.3, 0.4) is 0 Å². The molecule has 0 heterocycles. The summed E-state index contributed by atoms with van der Waals surface area (Å²) < 4.78 is 0. The molecule has 0 spiro atoms. The number of unbranched alkanes of at least 4 members (excludes halogenated alkanes) is 2. The molecule has 0 aromatic heterocycles. The van der Waals surface area contributed by atoms with Crippen LogP contribution in [-0.4, -0.2) is 0 Å². The van der Waals surface area contributed by atoms with Crippen molar-refractivity contribution in [2.45, 2.75) is 65.2 Å².